The molecule has 26 heavy (non-hydrogen) atoms. The van der Waals surface area contributed by atoms with Gasteiger partial charge in [0.15, 0.2) is 5.78 Å². The van der Waals surface area contributed by atoms with E-state index in [-0.39, 0.29) is 12.2 Å². The van der Waals surface area contributed by atoms with Gasteiger partial charge in [-0.3, -0.25) is 9.59 Å². The van der Waals surface area contributed by atoms with E-state index in [1.54, 1.807) is 36.4 Å². The van der Waals surface area contributed by atoms with Gasteiger partial charge in [0.1, 0.15) is 0 Å². The van der Waals surface area contributed by atoms with Crippen molar-refractivity contribution in [2.24, 2.45) is 0 Å². The number of carbonyl (C=O) groups is 2. The minimum atomic E-state index is -0.998. The predicted molar refractivity (Wildman–Crippen MR) is 103 cm³/mol. The second-order valence-corrected chi connectivity index (χ2v) is 6.45. The number of rotatable bonds is 6. The Morgan fingerprint density at radius 1 is 0.808 bits per heavy atom. The third kappa shape index (κ3) is 4.19. The molecule has 3 rings (SSSR count). The van der Waals surface area contributed by atoms with Crippen LogP contribution in [0.1, 0.15) is 28.3 Å². The van der Waals surface area contributed by atoms with Crippen LogP contribution in [0.2, 0.25) is 5.02 Å². The number of halogens is 1. The molecule has 0 bridgehead atoms. The van der Waals surface area contributed by atoms with Crippen molar-refractivity contribution in [1.82, 2.24) is 0 Å². The van der Waals surface area contributed by atoms with Gasteiger partial charge in [0.25, 0.3) is 0 Å². The van der Waals surface area contributed by atoms with E-state index >= 15 is 0 Å². The van der Waals surface area contributed by atoms with Crippen molar-refractivity contribution in [1.29, 1.82) is 0 Å². The molecule has 1 atom stereocenters. The lowest BCUT2D eigenvalue weighted by Crippen LogP contribution is -2.16. The van der Waals surface area contributed by atoms with Gasteiger partial charge in [0, 0.05) is 17.0 Å². The van der Waals surface area contributed by atoms with Crippen LogP contribution in [0.5, 0.6) is 0 Å². The highest BCUT2D eigenvalue weighted by molar-refractivity contribution is 6.30. The molecular formula is C22H17ClO3. The van der Waals surface area contributed by atoms with Gasteiger partial charge in [-0.25, -0.2) is 0 Å². The molecule has 0 aromatic heterocycles. The van der Waals surface area contributed by atoms with Crippen molar-refractivity contribution in [3.8, 4) is 11.1 Å². The highest BCUT2D eigenvalue weighted by atomic mass is 35.5. The molecule has 3 aromatic carbocycles. The summed E-state index contributed by atoms with van der Waals surface area (Å²) in [5.41, 5.74) is 3.10. The first-order chi connectivity index (χ1) is 12.5. The molecule has 0 spiro atoms. The predicted octanol–water partition coefficient (Wildman–Crippen LogP) is 5.45. The summed E-state index contributed by atoms with van der Waals surface area (Å²) >= 11 is 5.90. The topological polar surface area (TPSA) is 54.4 Å². The van der Waals surface area contributed by atoms with Crippen LogP contribution < -0.4 is 0 Å². The van der Waals surface area contributed by atoms with Gasteiger partial charge >= 0.3 is 5.97 Å². The van der Waals surface area contributed by atoms with Gasteiger partial charge in [0.2, 0.25) is 0 Å². The fraction of sp³-hybridized carbons (Fsp3) is 0.0909. The maximum Gasteiger partial charge on any atom is 0.311 e. The first kappa shape index (κ1) is 17.9. The van der Waals surface area contributed by atoms with E-state index in [1.165, 1.54) is 0 Å². The Balaban J connectivity index is 1.77. The lowest BCUT2D eigenvalue weighted by Gasteiger charge is -2.12. The zero-order valence-corrected chi connectivity index (χ0v) is 14.7. The number of aliphatic carboxylic acids is 1. The smallest absolute Gasteiger partial charge is 0.311 e. The Hall–Kier alpha value is -2.91. The molecule has 0 amide bonds. The second-order valence-electron chi connectivity index (χ2n) is 6.01. The van der Waals surface area contributed by atoms with Gasteiger partial charge in [0.05, 0.1) is 5.92 Å². The fourth-order valence-corrected chi connectivity index (χ4v) is 2.95. The van der Waals surface area contributed by atoms with E-state index in [2.05, 4.69) is 0 Å². The molecule has 0 heterocycles. The third-order valence-electron chi connectivity index (χ3n) is 4.27. The van der Waals surface area contributed by atoms with Crippen LogP contribution in [0, 0.1) is 0 Å². The molecule has 0 aliphatic carbocycles. The Kier molecular flexibility index (Phi) is 5.49. The molecular weight excluding hydrogens is 348 g/mol. The summed E-state index contributed by atoms with van der Waals surface area (Å²) in [4.78, 5) is 24.1. The summed E-state index contributed by atoms with van der Waals surface area (Å²) in [7, 11) is 0. The van der Waals surface area contributed by atoms with Crippen molar-refractivity contribution in [2.75, 3.05) is 0 Å². The number of carbonyl (C=O) groups excluding carboxylic acids is 1. The van der Waals surface area contributed by atoms with Crippen LogP contribution >= 0.6 is 11.6 Å². The van der Waals surface area contributed by atoms with Gasteiger partial charge in [-0.05, 0) is 28.8 Å². The normalized spacial score (nSPS) is 11.7. The summed E-state index contributed by atoms with van der Waals surface area (Å²) in [6, 6.07) is 23.5. The molecule has 3 nitrogen and oxygen atoms in total. The maximum atomic E-state index is 12.5. The number of hydrogen-bond donors (Lipinski definition) is 1. The van der Waals surface area contributed by atoms with Crippen LogP contribution in [-0.4, -0.2) is 16.9 Å². The summed E-state index contributed by atoms with van der Waals surface area (Å²) in [5, 5.41) is 10.1. The molecule has 4 heteroatoms. The summed E-state index contributed by atoms with van der Waals surface area (Å²) in [5.74, 6) is -2.04. The van der Waals surface area contributed by atoms with Crippen molar-refractivity contribution in [3.63, 3.8) is 0 Å². The zero-order valence-electron chi connectivity index (χ0n) is 13.9. The lowest BCUT2D eigenvalue weighted by atomic mass is 9.91. The van der Waals surface area contributed by atoms with Crippen LogP contribution in [0.4, 0.5) is 0 Å². The lowest BCUT2D eigenvalue weighted by molar-refractivity contribution is -0.138. The van der Waals surface area contributed by atoms with E-state index in [0.29, 0.717) is 16.1 Å². The average molecular weight is 365 g/mol. The van der Waals surface area contributed by atoms with Gasteiger partial charge in [-0.1, -0.05) is 78.3 Å². The van der Waals surface area contributed by atoms with Crippen molar-refractivity contribution >= 4 is 23.4 Å². The minimum absolute atomic E-state index is 0.0698. The number of ketones is 1. The largest absolute Gasteiger partial charge is 0.481 e. The average Bonchev–Trinajstić information content (AvgIpc) is 2.67. The third-order valence-corrected chi connectivity index (χ3v) is 4.53. The molecule has 1 unspecified atom stereocenters. The van der Waals surface area contributed by atoms with Crippen LogP contribution in [-0.2, 0) is 4.79 Å². The molecule has 3 aromatic rings. The van der Waals surface area contributed by atoms with E-state index in [1.807, 2.05) is 42.5 Å². The number of carboxylic acid groups (broad SMARTS) is 1. The summed E-state index contributed by atoms with van der Waals surface area (Å²) in [6.45, 7) is 0. The quantitative estimate of drug-likeness (QED) is 0.592. The van der Waals surface area contributed by atoms with Gasteiger partial charge in [-0.15, -0.1) is 0 Å². The van der Waals surface area contributed by atoms with Crippen molar-refractivity contribution in [3.05, 3.63) is 95.0 Å². The Morgan fingerprint density at radius 3 is 1.88 bits per heavy atom. The Labute approximate surface area is 156 Å². The molecule has 0 saturated carbocycles. The Morgan fingerprint density at radius 2 is 1.35 bits per heavy atom. The molecule has 130 valence electrons. The van der Waals surface area contributed by atoms with Crippen molar-refractivity contribution < 1.29 is 14.7 Å². The molecule has 0 fully saturated rings. The highest BCUT2D eigenvalue weighted by Crippen LogP contribution is 2.25. The minimum Gasteiger partial charge on any atom is -0.481 e. The van der Waals surface area contributed by atoms with Gasteiger partial charge < -0.3 is 5.11 Å². The standard InChI is InChI=1S/C22H17ClO3/c23-19-12-10-16(11-13-19)15-6-8-18(9-7-15)21(24)14-20(22(25)26)17-4-2-1-3-5-17/h1-13,20H,14H2,(H,25,26). The SMILES string of the molecule is O=C(CC(C(=O)O)c1ccccc1)c1ccc(-c2ccc(Cl)cc2)cc1. The van der Waals surface area contributed by atoms with E-state index < -0.39 is 11.9 Å². The first-order valence-electron chi connectivity index (χ1n) is 8.21. The highest BCUT2D eigenvalue weighted by Gasteiger charge is 2.23. The zero-order chi connectivity index (χ0) is 18.5. The fourth-order valence-electron chi connectivity index (χ4n) is 2.83. The van der Waals surface area contributed by atoms with Crippen LogP contribution in [0.15, 0.2) is 78.9 Å². The molecule has 1 N–H and O–H groups in total. The van der Waals surface area contributed by atoms with E-state index in [4.69, 9.17) is 11.6 Å². The number of hydrogen-bond acceptors (Lipinski definition) is 2. The maximum absolute atomic E-state index is 12.5. The number of carboxylic acids is 1. The molecule has 0 aliphatic heterocycles. The number of Topliss-reactive ketones (excluding diaryl/α,β-unsaturated/α-hetero) is 1. The molecule has 0 radical (unpaired) electrons. The van der Waals surface area contributed by atoms with Crippen LogP contribution in [0.25, 0.3) is 11.1 Å². The van der Waals surface area contributed by atoms with Crippen molar-refractivity contribution in [2.45, 2.75) is 12.3 Å². The summed E-state index contributed by atoms with van der Waals surface area (Å²) < 4.78 is 0. The summed E-state index contributed by atoms with van der Waals surface area (Å²) in [6.07, 6.45) is -0.0698. The van der Waals surface area contributed by atoms with E-state index in [9.17, 15) is 14.7 Å². The number of benzene rings is 3. The molecule has 0 aliphatic rings. The first-order valence-corrected chi connectivity index (χ1v) is 8.59. The van der Waals surface area contributed by atoms with Gasteiger partial charge in [-0.2, -0.15) is 0 Å². The second kappa shape index (κ2) is 7.98. The Bertz CT molecular complexity index is 900. The van der Waals surface area contributed by atoms with E-state index in [0.717, 1.165) is 11.1 Å². The monoisotopic (exact) mass is 364 g/mol. The molecule has 0 saturated heterocycles. The van der Waals surface area contributed by atoms with Crippen LogP contribution in [0.3, 0.4) is 0 Å².